The Hall–Kier alpha value is -2.79. The number of cyclic esters (lactones) is 1. The van der Waals surface area contributed by atoms with E-state index in [1.165, 1.54) is 0 Å². The van der Waals surface area contributed by atoms with E-state index >= 15 is 0 Å². The second-order valence-electron chi connectivity index (χ2n) is 5.34. The minimum absolute atomic E-state index is 0.218. The van der Waals surface area contributed by atoms with Gasteiger partial charge in [-0.25, -0.2) is 9.79 Å². The largest absolute Gasteiger partial charge is 0.497 e. The first kappa shape index (κ1) is 17.0. The molecule has 0 aromatic heterocycles. The van der Waals surface area contributed by atoms with Crippen molar-refractivity contribution in [2.24, 2.45) is 4.99 Å². The molecule has 1 heterocycles. The fourth-order valence-corrected chi connectivity index (χ4v) is 2.53. The van der Waals surface area contributed by atoms with Crippen LogP contribution in [0.25, 0.3) is 6.08 Å². The lowest BCUT2D eigenvalue weighted by molar-refractivity contribution is -0.130. The Balaban J connectivity index is 1.87. The van der Waals surface area contributed by atoms with Crippen LogP contribution in [-0.4, -0.2) is 26.1 Å². The third kappa shape index (κ3) is 4.00. The molecular weight excluding hydrogens is 342 g/mol. The fourth-order valence-electron chi connectivity index (χ4n) is 2.41. The molecule has 0 radical (unpaired) electrons. The van der Waals surface area contributed by atoms with Gasteiger partial charge in [0.05, 0.1) is 14.2 Å². The molecule has 0 spiro atoms. The standard InChI is InChI=1S/C19H16ClNO4/c1-23-15-7-8-17(24-2)13(10-15)11-16-19(22)25-18(21-16)9-12-3-5-14(20)6-4-12/h3-8,10-11H,9H2,1-2H3/b16-11-. The summed E-state index contributed by atoms with van der Waals surface area (Å²) in [5.41, 5.74) is 1.86. The van der Waals surface area contributed by atoms with Crippen LogP contribution >= 0.6 is 11.6 Å². The van der Waals surface area contributed by atoms with Crippen LogP contribution in [0.1, 0.15) is 11.1 Å². The van der Waals surface area contributed by atoms with Crippen LogP contribution in [0.15, 0.2) is 53.2 Å². The van der Waals surface area contributed by atoms with Gasteiger partial charge in [0.25, 0.3) is 0 Å². The number of ether oxygens (including phenoxy) is 3. The molecule has 0 bridgehead atoms. The molecule has 25 heavy (non-hydrogen) atoms. The molecule has 0 amide bonds. The van der Waals surface area contributed by atoms with Crippen molar-refractivity contribution in [1.29, 1.82) is 0 Å². The van der Waals surface area contributed by atoms with E-state index in [2.05, 4.69) is 4.99 Å². The number of methoxy groups -OCH3 is 2. The van der Waals surface area contributed by atoms with Crippen LogP contribution < -0.4 is 9.47 Å². The summed E-state index contributed by atoms with van der Waals surface area (Å²) in [7, 11) is 3.14. The van der Waals surface area contributed by atoms with Gasteiger partial charge in [-0.2, -0.15) is 0 Å². The molecule has 5 nitrogen and oxygen atoms in total. The summed E-state index contributed by atoms with van der Waals surface area (Å²) in [5, 5.41) is 0.653. The number of esters is 1. The average molecular weight is 358 g/mol. The number of halogens is 1. The van der Waals surface area contributed by atoms with Crippen LogP contribution in [0.3, 0.4) is 0 Å². The minimum Gasteiger partial charge on any atom is -0.497 e. The Bertz CT molecular complexity index is 856. The Kier molecular flexibility index (Phi) is 5.05. The molecule has 0 aliphatic carbocycles. The van der Waals surface area contributed by atoms with Gasteiger partial charge >= 0.3 is 5.97 Å². The number of carbonyl (C=O) groups is 1. The van der Waals surface area contributed by atoms with E-state index in [0.29, 0.717) is 34.4 Å². The smallest absolute Gasteiger partial charge is 0.363 e. The highest BCUT2D eigenvalue weighted by atomic mass is 35.5. The van der Waals surface area contributed by atoms with Crippen molar-refractivity contribution in [2.75, 3.05) is 14.2 Å². The van der Waals surface area contributed by atoms with Gasteiger partial charge in [-0.1, -0.05) is 23.7 Å². The van der Waals surface area contributed by atoms with Crippen molar-refractivity contribution < 1.29 is 19.0 Å². The zero-order valence-electron chi connectivity index (χ0n) is 13.8. The predicted molar refractivity (Wildman–Crippen MR) is 96.2 cm³/mol. The van der Waals surface area contributed by atoms with Crippen molar-refractivity contribution in [2.45, 2.75) is 6.42 Å². The molecule has 2 aromatic carbocycles. The van der Waals surface area contributed by atoms with Crippen molar-refractivity contribution in [3.05, 3.63) is 64.3 Å². The van der Waals surface area contributed by atoms with Crippen molar-refractivity contribution >= 4 is 29.5 Å². The molecule has 128 valence electrons. The molecule has 1 aliphatic rings. The zero-order chi connectivity index (χ0) is 17.8. The number of rotatable bonds is 5. The second-order valence-corrected chi connectivity index (χ2v) is 5.77. The molecule has 0 unspecified atom stereocenters. The molecule has 6 heteroatoms. The topological polar surface area (TPSA) is 57.1 Å². The average Bonchev–Trinajstić information content (AvgIpc) is 2.96. The molecule has 2 aromatic rings. The monoisotopic (exact) mass is 357 g/mol. The van der Waals surface area contributed by atoms with E-state index in [4.69, 9.17) is 25.8 Å². The minimum atomic E-state index is -0.492. The van der Waals surface area contributed by atoms with E-state index in [1.54, 1.807) is 50.6 Å². The van der Waals surface area contributed by atoms with Gasteiger partial charge in [0.15, 0.2) is 5.70 Å². The van der Waals surface area contributed by atoms with Crippen LogP contribution in [0.2, 0.25) is 5.02 Å². The summed E-state index contributed by atoms with van der Waals surface area (Å²) in [5.74, 6) is 1.13. The van der Waals surface area contributed by atoms with Crippen molar-refractivity contribution in [3.8, 4) is 11.5 Å². The number of hydrogen-bond acceptors (Lipinski definition) is 5. The van der Waals surface area contributed by atoms with Crippen LogP contribution in [-0.2, 0) is 16.0 Å². The first-order valence-electron chi connectivity index (χ1n) is 7.57. The molecule has 0 fully saturated rings. The Morgan fingerprint density at radius 1 is 1.12 bits per heavy atom. The molecule has 0 saturated heterocycles. The van der Waals surface area contributed by atoms with Crippen LogP contribution in [0.5, 0.6) is 11.5 Å². The molecule has 0 N–H and O–H groups in total. The lowest BCUT2D eigenvalue weighted by atomic mass is 10.1. The number of nitrogens with zero attached hydrogens (tertiary/aromatic N) is 1. The van der Waals surface area contributed by atoms with E-state index in [0.717, 1.165) is 5.56 Å². The van der Waals surface area contributed by atoms with Gasteiger partial charge in [-0.15, -0.1) is 0 Å². The predicted octanol–water partition coefficient (Wildman–Crippen LogP) is 3.90. The molecule has 1 aliphatic heterocycles. The number of aliphatic imine (C=N–C) groups is 1. The number of benzene rings is 2. The van der Waals surface area contributed by atoms with Gasteiger partial charge in [-0.05, 0) is 42.0 Å². The summed E-state index contributed by atoms with van der Waals surface area (Å²) in [4.78, 5) is 16.4. The fraction of sp³-hybridized carbons (Fsp3) is 0.158. The molecule has 3 rings (SSSR count). The lowest BCUT2D eigenvalue weighted by Crippen LogP contribution is -2.06. The highest BCUT2D eigenvalue weighted by Crippen LogP contribution is 2.28. The Morgan fingerprint density at radius 2 is 1.88 bits per heavy atom. The first-order chi connectivity index (χ1) is 12.1. The summed E-state index contributed by atoms with van der Waals surface area (Å²) in [6.45, 7) is 0. The SMILES string of the molecule is COc1ccc(OC)c(/C=C2\N=C(Cc3ccc(Cl)cc3)OC2=O)c1. The van der Waals surface area contributed by atoms with Gasteiger partial charge < -0.3 is 14.2 Å². The quantitative estimate of drug-likeness (QED) is 0.601. The van der Waals surface area contributed by atoms with Crippen LogP contribution in [0, 0.1) is 0 Å². The maximum absolute atomic E-state index is 12.1. The summed E-state index contributed by atoms with van der Waals surface area (Å²) in [6.07, 6.45) is 2.04. The lowest BCUT2D eigenvalue weighted by Gasteiger charge is -2.07. The van der Waals surface area contributed by atoms with Gasteiger partial charge in [0.2, 0.25) is 5.90 Å². The third-order valence-corrected chi connectivity index (χ3v) is 3.91. The van der Waals surface area contributed by atoms with Gasteiger partial charge in [0, 0.05) is 17.0 Å². The highest BCUT2D eigenvalue weighted by Gasteiger charge is 2.23. The highest BCUT2D eigenvalue weighted by molar-refractivity contribution is 6.30. The van der Waals surface area contributed by atoms with E-state index < -0.39 is 5.97 Å². The molecular formula is C19H16ClNO4. The number of carbonyl (C=O) groups excluding carboxylic acids is 1. The molecule has 0 atom stereocenters. The summed E-state index contributed by atoms with van der Waals surface area (Å²) in [6, 6.07) is 12.6. The van der Waals surface area contributed by atoms with Gasteiger partial charge in [-0.3, -0.25) is 0 Å². The third-order valence-electron chi connectivity index (χ3n) is 3.66. The maximum atomic E-state index is 12.1. The second kappa shape index (κ2) is 7.40. The van der Waals surface area contributed by atoms with E-state index in [1.807, 2.05) is 12.1 Å². The van der Waals surface area contributed by atoms with E-state index in [-0.39, 0.29) is 5.70 Å². The Morgan fingerprint density at radius 3 is 2.56 bits per heavy atom. The zero-order valence-corrected chi connectivity index (χ0v) is 14.5. The number of hydrogen-bond donors (Lipinski definition) is 0. The van der Waals surface area contributed by atoms with Crippen LogP contribution in [0.4, 0.5) is 0 Å². The summed E-state index contributed by atoms with van der Waals surface area (Å²) >= 11 is 5.87. The Labute approximate surface area is 150 Å². The normalized spacial score (nSPS) is 15.1. The maximum Gasteiger partial charge on any atom is 0.363 e. The summed E-state index contributed by atoms with van der Waals surface area (Å²) < 4.78 is 15.8. The van der Waals surface area contributed by atoms with Crippen molar-refractivity contribution in [1.82, 2.24) is 0 Å². The van der Waals surface area contributed by atoms with E-state index in [9.17, 15) is 4.79 Å². The molecule has 0 saturated carbocycles. The first-order valence-corrected chi connectivity index (χ1v) is 7.95. The van der Waals surface area contributed by atoms with Gasteiger partial charge in [0.1, 0.15) is 11.5 Å². The van der Waals surface area contributed by atoms with Crippen molar-refractivity contribution in [3.63, 3.8) is 0 Å².